The van der Waals surface area contributed by atoms with Crippen molar-refractivity contribution in [2.24, 2.45) is 0 Å². The molecule has 1 N–H and O–H groups in total. The fourth-order valence-electron chi connectivity index (χ4n) is 0.846. The van der Waals surface area contributed by atoms with Gasteiger partial charge >= 0.3 is 0 Å². The van der Waals surface area contributed by atoms with Crippen molar-refractivity contribution >= 4 is 11.6 Å². The Bertz CT molecular complexity index is 225. The van der Waals surface area contributed by atoms with Gasteiger partial charge in [0, 0.05) is 19.2 Å². The molecule has 0 unspecified atom stereocenters. The minimum Gasteiger partial charge on any atom is -0.319 e. The van der Waals surface area contributed by atoms with Crippen LogP contribution in [0.2, 0.25) is 5.02 Å². The molecule has 1 heterocycles. The van der Waals surface area contributed by atoms with Crippen molar-refractivity contribution in [1.29, 1.82) is 0 Å². The van der Waals surface area contributed by atoms with Crippen molar-refractivity contribution in [2.45, 2.75) is 6.42 Å². The van der Waals surface area contributed by atoms with E-state index < -0.39 is 0 Å². The van der Waals surface area contributed by atoms with Crippen LogP contribution in [0, 0.1) is 0 Å². The summed E-state index contributed by atoms with van der Waals surface area (Å²) in [4.78, 5) is 4.14. The fourth-order valence-corrected chi connectivity index (χ4v) is 1.06. The normalized spacial score (nSPS) is 10.0. The fraction of sp³-hybridized carbons (Fsp3) is 0.375. The molecule has 0 atom stereocenters. The lowest BCUT2D eigenvalue weighted by Crippen LogP contribution is -2.11. The third-order valence-electron chi connectivity index (χ3n) is 1.45. The Morgan fingerprint density at radius 2 is 2.45 bits per heavy atom. The van der Waals surface area contributed by atoms with E-state index in [0.29, 0.717) is 0 Å². The van der Waals surface area contributed by atoms with Gasteiger partial charge in [-0.05, 0) is 19.2 Å². The van der Waals surface area contributed by atoms with Crippen molar-refractivity contribution < 1.29 is 0 Å². The van der Waals surface area contributed by atoms with Crippen LogP contribution in [0.1, 0.15) is 5.69 Å². The first kappa shape index (κ1) is 8.50. The van der Waals surface area contributed by atoms with Crippen molar-refractivity contribution in [3.63, 3.8) is 0 Å². The van der Waals surface area contributed by atoms with Crippen LogP contribution in [-0.2, 0) is 6.42 Å². The molecular weight excluding hydrogens is 160 g/mol. The Morgan fingerprint density at radius 3 is 3.09 bits per heavy atom. The second-order valence-corrected chi connectivity index (χ2v) is 2.69. The van der Waals surface area contributed by atoms with Gasteiger partial charge in [0.25, 0.3) is 0 Å². The van der Waals surface area contributed by atoms with E-state index in [1.807, 2.05) is 19.2 Å². The van der Waals surface area contributed by atoms with Gasteiger partial charge in [-0.1, -0.05) is 11.6 Å². The molecule has 0 radical (unpaired) electrons. The van der Waals surface area contributed by atoms with Gasteiger partial charge in [-0.25, -0.2) is 0 Å². The number of hydrogen-bond acceptors (Lipinski definition) is 2. The number of pyridine rings is 1. The average Bonchev–Trinajstić information content (AvgIpc) is 2.03. The molecular formula is C8H11ClN2. The molecule has 0 saturated heterocycles. The van der Waals surface area contributed by atoms with E-state index in [0.717, 1.165) is 23.7 Å². The summed E-state index contributed by atoms with van der Waals surface area (Å²) in [5.74, 6) is 0. The molecule has 1 aromatic heterocycles. The van der Waals surface area contributed by atoms with Crippen LogP contribution in [0.15, 0.2) is 18.3 Å². The molecule has 0 fully saturated rings. The van der Waals surface area contributed by atoms with Gasteiger partial charge in [0.1, 0.15) is 0 Å². The van der Waals surface area contributed by atoms with E-state index in [-0.39, 0.29) is 0 Å². The molecule has 60 valence electrons. The first-order valence-corrected chi connectivity index (χ1v) is 3.96. The number of halogens is 1. The van der Waals surface area contributed by atoms with Crippen LogP contribution in [0.4, 0.5) is 0 Å². The second-order valence-electron chi connectivity index (χ2n) is 2.29. The summed E-state index contributed by atoms with van der Waals surface area (Å²) in [6.07, 6.45) is 2.65. The van der Waals surface area contributed by atoms with Gasteiger partial charge in [0.2, 0.25) is 0 Å². The Morgan fingerprint density at radius 1 is 1.64 bits per heavy atom. The Kier molecular flexibility index (Phi) is 3.33. The quantitative estimate of drug-likeness (QED) is 0.744. The lowest BCUT2D eigenvalue weighted by molar-refractivity contribution is 0.776. The topological polar surface area (TPSA) is 24.9 Å². The van der Waals surface area contributed by atoms with Crippen LogP contribution in [0.25, 0.3) is 0 Å². The van der Waals surface area contributed by atoms with Crippen LogP contribution >= 0.6 is 11.6 Å². The predicted molar refractivity (Wildman–Crippen MR) is 46.9 cm³/mol. The molecule has 0 aliphatic heterocycles. The Hall–Kier alpha value is -0.600. The molecule has 0 spiro atoms. The van der Waals surface area contributed by atoms with Crippen LogP contribution in [-0.4, -0.2) is 18.6 Å². The number of aromatic nitrogens is 1. The van der Waals surface area contributed by atoms with Crippen molar-refractivity contribution in [2.75, 3.05) is 13.6 Å². The first-order valence-electron chi connectivity index (χ1n) is 3.58. The summed E-state index contributed by atoms with van der Waals surface area (Å²) in [5.41, 5.74) is 0.962. The highest BCUT2D eigenvalue weighted by Crippen LogP contribution is 2.11. The third-order valence-corrected chi connectivity index (χ3v) is 1.79. The highest BCUT2D eigenvalue weighted by atomic mass is 35.5. The zero-order chi connectivity index (χ0) is 8.10. The SMILES string of the molecule is CNCCc1ncccc1Cl. The molecule has 3 heteroatoms. The van der Waals surface area contributed by atoms with E-state index in [9.17, 15) is 0 Å². The maximum Gasteiger partial charge on any atom is 0.0621 e. The standard InChI is InChI=1S/C8H11ClN2/c1-10-6-4-8-7(9)3-2-5-11-8/h2-3,5,10H,4,6H2,1H3. The van der Waals surface area contributed by atoms with Crippen molar-refractivity contribution in [3.05, 3.63) is 29.0 Å². The summed E-state index contributed by atoms with van der Waals surface area (Å²) in [6, 6.07) is 3.70. The summed E-state index contributed by atoms with van der Waals surface area (Å²) in [7, 11) is 1.91. The number of nitrogens with one attached hydrogen (secondary N) is 1. The van der Waals surface area contributed by atoms with E-state index in [2.05, 4.69) is 10.3 Å². The minimum absolute atomic E-state index is 0.753. The third kappa shape index (κ3) is 2.48. The maximum absolute atomic E-state index is 5.87. The van der Waals surface area contributed by atoms with Gasteiger partial charge in [-0.15, -0.1) is 0 Å². The molecule has 0 aliphatic rings. The van der Waals surface area contributed by atoms with Gasteiger partial charge in [0.15, 0.2) is 0 Å². The molecule has 0 aromatic carbocycles. The summed E-state index contributed by atoms with van der Waals surface area (Å²) >= 11 is 5.87. The van der Waals surface area contributed by atoms with Crippen LogP contribution in [0.3, 0.4) is 0 Å². The number of rotatable bonds is 3. The molecule has 2 nitrogen and oxygen atoms in total. The minimum atomic E-state index is 0.753. The van der Waals surface area contributed by atoms with Crippen molar-refractivity contribution in [3.8, 4) is 0 Å². The maximum atomic E-state index is 5.87. The number of nitrogens with zero attached hydrogens (tertiary/aromatic N) is 1. The molecule has 0 saturated carbocycles. The highest BCUT2D eigenvalue weighted by molar-refractivity contribution is 6.31. The summed E-state index contributed by atoms with van der Waals surface area (Å²) < 4.78 is 0. The Balaban J connectivity index is 2.62. The molecule has 1 aromatic rings. The lowest BCUT2D eigenvalue weighted by atomic mass is 10.3. The van der Waals surface area contributed by atoms with E-state index in [4.69, 9.17) is 11.6 Å². The Labute approximate surface area is 71.6 Å². The number of likely N-dealkylation sites (N-methyl/N-ethyl adjacent to an activating group) is 1. The zero-order valence-corrected chi connectivity index (χ0v) is 7.23. The van der Waals surface area contributed by atoms with Gasteiger partial charge in [0.05, 0.1) is 10.7 Å². The monoisotopic (exact) mass is 170 g/mol. The summed E-state index contributed by atoms with van der Waals surface area (Å²) in [6.45, 7) is 0.913. The largest absolute Gasteiger partial charge is 0.319 e. The molecule has 0 amide bonds. The van der Waals surface area contributed by atoms with E-state index >= 15 is 0 Å². The predicted octanol–water partition coefficient (Wildman–Crippen LogP) is 1.50. The smallest absolute Gasteiger partial charge is 0.0621 e. The van der Waals surface area contributed by atoms with Crippen LogP contribution in [0.5, 0.6) is 0 Å². The second kappa shape index (κ2) is 4.31. The number of hydrogen-bond donors (Lipinski definition) is 1. The van der Waals surface area contributed by atoms with E-state index in [1.165, 1.54) is 0 Å². The average molecular weight is 171 g/mol. The van der Waals surface area contributed by atoms with E-state index in [1.54, 1.807) is 6.20 Å². The molecule has 0 bridgehead atoms. The molecule has 1 rings (SSSR count). The highest BCUT2D eigenvalue weighted by Gasteiger charge is 1.97. The zero-order valence-electron chi connectivity index (χ0n) is 6.47. The van der Waals surface area contributed by atoms with Gasteiger partial charge < -0.3 is 5.32 Å². The molecule has 11 heavy (non-hydrogen) atoms. The van der Waals surface area contributed by atoms with Gasteiger partial charge in [-0.2, -0.15) is 0 Å². The lowest BCUT2D eigenvalue weighted by Gasteiger charge is -2.00. The first-order chi connectivity index (χ1) is 5.34. The van der Waals surface area contributed by atoms with Crippen molar-refractivity contribution in [1.82, 2.24) is 10.3 Å². The van der Waals surface area contributed by atoms with Gasteiger partial charge in [-0.3, -0.25) is 4.98 Å². The summed E-state index contributed by atoms with van der Waals surface area (Å²) in [5, 5.41) is 3.80. The molecule has 0 aliphatic carbocycles. The van der Waals surface area contributed by atoms with Crippen LogP contribution < -0.4 is 5.32 Å².